The van der Waals surface area contributed by atoms with Crippen molar-refractivity contribution < 1.29 is 9.47 Å². The van der Waals surface area contributed by atoms with E-state index < -0.39 is 0 Å². The Labute approximate surface area is 116 Å². The van der Waals surface area contributed by atoms with Crippen LogP contribution >= 0.6 is 0 Å². The first-order valence-corrected chi connectivity index (χ1v) is 7.40. The third kappa shape index (κ3) is 3.63. The van der Waals surface area contributed by atoms with Crippen molar-refractivity contribution >= 4 is 0 Å². The fraction of sp³-hybridized carbons (Fsp3) is 0.625. The smallest absolute Gasteiger partial charge is 0.161 e. The first-order chi connectivity index (χ1) is 9.24. The summed E-state index contributed by atoms with van der Waals surface area (Å²) in [6.07, 6.45) is 3.76. The van der Waals surface area contributed by atoms with Gasteiger partial charge in [0.1, 0.15) is 0 Å². The summed E-state index contributed by atoms with van der Waals surface area (Å²) in [5.41, 5.74) is 1.30. The summed E-state index contributed by atoms with van der Waals surface area (Å²) >= 11 is 0. The minimum Gasteiger partial charge on any atom is -0.490 e. The lowest BCUT2D eigenvalue weighted by Gasteiger charge is -2.29. The predicted octanol–water partition coefficient (Wildman–Crippen LogP) is 3.69. The average Bonchev–Trinajstić information content (AvgIpc) is 2.41. The van der Waals surface area contributed by atoms with Crippen molar-refractivity contribution in [1.29, 1.82) is 0 Å². The topological polar surface area (TPSA) is 30.5 Å². The van der Waals surface area contributed by atoms with Crippen LogP contribution < -0.4 is 14.8 Å². The predicted molar refractivity (Wildman–Crippen MR) is 78.0 cm³/mol. The highest BCUT2D eigenvalue weighted by molar-refractivity contribution is 5.44. The van der Waals surface area contributed by atoms with Crippen molar-refractivity contribution in [2.24, 2.45) is 0 Å². The van der Waals surface area contributed by atoms with Gasteiger partial charge in [-0.2, -0.15) is 0 Å². The highest BCUT2D eigenvalue weighted by Crippen LogP contribution is 2.33. The van der Waals surface area contributed by atoms with Crippen LogP contribution in [0.4, 0.5) is 0 Å². The van der Waals surface area contributed by atoms with Crippen LogP contribution in [-0.2, 0) is 0 Å². The van der Waals surface area contributed by atoms with Gasteiger partial charge in [0.2, 0.25) is 0 Å². The quantitative estimate of drug-likeness (QED) is 0.879. The minimum absolute atomic E-state index is 0.443. The van der Waals surface area contributed by atoms with E-state index >= 15 is 0 Å². The minimum atomic E-state index is 0.443. The molecule has 1 aromatic carbocycles. The molecule has 0 spiro atoms. The standard InChI is InChI=1S/C16H25NO2/c1-4-18-15-10-9-13(11-16(15)19-5-2)14-8-6-7-12(3)17-14/h9-12,14,17H,4-8H2,1-3H3. The van der Waals surface area contributed by atoms with Gasteiger partial charge < -0.3 is 14.8 Å². The van der Waals surface area contributed by atoms with Gasteiger partial charge in [0.15, 0.2) is 11.5 Å². The SMILES string of the molecule is CCOc1ccc(C2CCCC(C)N2)cc1OCC. The van der Waals surface area contributed by atoms with Gasteiger partial charge in [0.05, 0.1) is 13.2 Å². The van der Waals surface area contributed by atoms with Crippen molar-refractivity contribution in [3.8, 4) is 11.5 Å². The van der Waals surface area contributed by atoms with Gasteiger partial charge in [-0.15, -0.1) is 0 Å². The molecule has 3 nitrogen and oxygen atoms in total. The summed E-state index contributed by atoms with van der Waals surface area (Å²) in [4.78, 5) is 0. The lowest BCUT2D eigenvalue weighted by molar-refractivity contribution is 0.286. The third-order valence-electron chi connectivity index (χ3n) is 3.59. The van der Waals surface area contributed by atoms with Crippen molar-refractivity contribution in [1.82, 2.24) is 5.32 Å². The third-order valence-corrected chi connectivity index (χ3v) is 3.59. The van der Waals surface area contributed by atoms with E-state index in [-0.39, 0.29) is 0 Å². The molecule has 0 aliphatic carbocycles. The molecular weight excluding hydrogens is 238 g/mol. The van der Waals surface area contributed by atoms with Crippen LogP contribution in [0.15, 0.2) is 18.2 Å². The Balaban J connectivity index is 2.18. The number of rotatable bonds is 5. The molecule has 0 aromatic heterocycles. The van der Waals surface area contributed by atoms with Gasteiger partial charge in [-0.3, -0.25) is 0 Å². The highest BCUT2D eigenvalue weighted by atomic mass is 16.5. The van der Waals surface area contributed by atoms with Gasteiger partial charge in [-0.1, -0.05) is 12.5 Å². The summed E-state index contributed by atoms with van der Waals surface area (Å²) in [6.45, 7) is 7.58. The molecule has 0 saturated carbocycles. The van der Waals surface area contributed by atoms with Crippen molar-refractivity contribution in [2.75, 3.05) is 13.2 Å². The molecule has 19 heavy (non-hydrogen) atoms. The molecule has 1 aliphatic heterocycles. The van der Waals surface area contributed by atoms with E-state index in [1.54, 1.807) is 0 Å². The summed E-state index contributed by atoms with van der Waals surface area (Å²) in [5, 5.41) is 3.66. The van der Waals surface area contributed by atoms with E-state index in [1.165, 1.54) is 24.8 Å². The number of ether oxygens (including phenoxy) is 2. The molecule has 0 radical (unpaired) electrons. The molecule has 1 aromatic rings. The van der Waals surface area contributed by atoms with Gasteiger partial charge >= 0.3 is 0 Å². The molecule has 1 aliphatic rings. The Bertz CT molecular complexity index is 406. The number of benzene rings is 1. The van der Waals surface area contributed by atoms with Gasteiger partial charge in [-0.05, 0) is 51.3 Å². The number of nitrogens with one attached hydrogen (secondary N) is 1. The molecule has 1 N–H and O–H groups in total. The maximum Gasteiger partial charge on any atom is 0.161 e. The van der Waals surface area contributed by atoms with Crippen LogP contribution in [0.2, 0.25) is 0 Å². The second-order valence-corrected chi connectivity index (χ2v) is 5.12. The van der Waals surface area contributed by atoms with Crippen LogP contribution in [0.25, 0.3) is 0 Å². The van der Waals surface area contributed by atoms with Crippen LogP contribution in [-0.4, -0.2) is 19.3 Å². The lowest BCUT2D eigenvalue weighted by Crippen LogP contribution is -2.34. The van der Waals surface area contributed by atoms with Crippen molar-refractivity contribution in [3.63, 3.8) is 0 Å². The van der Waals surface area contributed by atoms with E-state index in [9.17, 15) is 0 Å². The molecule has 106 valence electrons. The fourth-order valence-corrected chi connectivity index (χ4v) is 2.69. The highest BCUT2D eigenvalue weighted by Gasteiger charge is 2.20. The summed E-state index contributed by atoms with van der Waals surface area (Å²) in [5.74, 6) is 1.71. The molecule has 1 fully saturated rings. The Morgan fingerprint density at radius 1 is 1.11 bits per heavy atom. The Hall–Kier alpha value is -1.22. The van der Waals surface area contributed by atoms with Gasteiger partial charge in [0.25, 0.3) is 0 Å². The number of piperidine rings is 1. The molecule has 1 heterocycles. The maximum atomic E-state index is 5.70. The van der Waals surface area contributed by atoms with E-state index in [2.05, 4.69) is 24.4 Å². The average molecular weight is 263 g/mol. The Kier molecular flexibility index (Phi) is 5.08. The molecule has 2 unspecified atom stereocenters. The molecule has 0 amide bonds. The Morgan fingerprint density at radius 2 is 1.84 bits per heavy atom. The second kappa shape index (κ2) is 6.80. The Morgan fingerprint density at radius 3 is 2.53 bits per heavy atom. The molecule has 3 heteroatoms. The van der Waals surface area contributed by atoms with Crippen LogP contribution in [0.3, 0.4) is 0 Å². The van der Waals surface area contributed by atoms with E-state index in [0.29, 0.717) is 25.3 Å². The van der Waals surface area contributed by atoms with E-state index in [0.717, 1.165) is 11.5 Å². The van der Waals surface area contributed by atoms with Gasteiger partial charge in [-0.25, -0.2) is 0 Å². The molecule has 2 atom stereocenters. The van der Waals surface area contributed by atoms with Crippen LogP contribution in [0.1, 0.15) is 51.6 Å². The number of hydrogen-bond donors (Lipinski definition) is 1. The first kappa shape index (κ1) is 14.2. The van der Waals surface area contributed by atoms with Crippen molar-refractivity contribution in [2.45, 2.75) is 52.1 Å². The van der Waals surface area contributed by atoms with Crippen LogP contribution in [0, 0.1) is 0 Å². The summed E-state index contributed by atoms with van der Waals surface area (Å²) < 4.78 is 11.3. The second-order valence-electron chi connectivity index (χ2n) is 5.12. The zero-order valence-electron chi connectivity index (χ0n) is 12.2. The summed E-state index contributed by atoms with van der Waals surface area (Å²) in [6, 6.07) is 7.36. The molecule has 0 bridgehead atoms. The van der Waals surface area contributed by atoms with E-state index in [1.807, 2.05) is 19.9 Å². The maximum absolute atomic E-state index is 5.70. The zero-order chi connectivity index (χ0) is 13.7. The van der Waals surface area contributed by atoms with Gasteiger partial charge in [0, 0.05) is 12.1 Å². The molecule has 1 saturated heterocycles. The van der Waals surface area contributed by atoms with Crippen molar-refractivity contribution in [3.05, 3.63) is 23.8 Å². The lowest BCUT2D eigenvalue weighted by atomic mass is 9.94. The summed E-state index contributed by atoms with van der Waals surface area (Å²) in [7, 11) is 0. The zero-order valence-corrected chi connectivity index (χ0v) is 12.2. The monoisotopic (exact) mass is 263 g/mol. The van der Waals surface area contributed by atoms with Crippen LogP contribution in [0.5, 0.6) is 11.5 Å². The fourth-order valence-electron chi connectivity index (χ4n) is 2.69. The van der Waals surface area contributed by atoms with E-state index in [4.69, 9.17) is 9.47 Å². The first-order valence-electron chi connectivity index (χ1n) is 7.40. The largest absolute Gasteiger partial charge is 0.490 e. The molecule has 2 rings (SSSR count). The molecular formula is C16H25NO2. The number of hydrogen-bond acceptors (Lipinski definition) is 3. The normalized spacial score (nSPS) is 23.1.